The lowest BCUT2D eigenvalue weighted by molar-refractivity contribution is 0.315. The summed E-state index contributed by atoms with van der Waals surface area (Å²) in [6, 6.07) is 9.19. The van der Waals surface area contributed by atoms with Gasteiger partial charge in [-0.15, -0.1) is 0 Å². The van der Waals surface area contributed by atoms with Crippen LogP contribution in [0.2, 0.25) is 10.0 Å². The summed E-state index contributed by atoms with van der Waals surface area (Å²) in [5.74, 6) is 0. The van der Waals surface area contributed by atoms with E-state index in [4.69, 9.17) is 23.2 Å². The van der Waals surface area contributed by atoms with E-state index >= 15 is 0 Å². The molecule has 0 saturated carbocycles. The van der Waals surface area contributed by atoms with Crippen molar-refractivity contribution in [3.05, 3.63) is 46.4 Å². The predicted molar refractivity (Wildman–Crippen MR) is 79.1 cm³/mol. The summed E-state index contributed by atoms with van der Waals surface area (Å²) < 4.78 is 31.8. The minimum atomic E-state index is -3.90. The van der Waals surface area contributed by atoms with Crippen LogP contribution in [-0.4, -0.2) is 18.7 Å². The summed E-state index contributed by atoms with van der Waals surface area (Å²) in [4.78, 5) is -0.0581. The standard InChI is InChI=1S/C12H7Cl2N3O3S/c13-7-3-1-4-8(11(7)14)17-21(18,19)10-6-2-5-9-12(10)16-20-15-9/h1-6,17H. The highest BCUT2D eigenvalue weighted by atomic mass is 35.5. The largest absolute Gasteiger partial charge is 0.278 e. The lowest BCUT2D eigenvalue weighted by Crippen LogP contribution is -2.13. The number of hydrogen-bond donors (Lipinski definition) is 1. The van der Waals surface area contributed by atoms with E-state index < -0.39 is 10.0 Å². The van der Waals surface area contributed by atoms with E-state index in [2.05, 4.69) is 19.7 Å². The molecule has 6 nitrogen and oxygen atoms in total. The zero-order valence-electron chi connectivity index (χ0n) is 10.2. The van der Waals surface area contributed by atoms with E-state index in [0.717, 1.165) is 0 Å². The highest BCUT2D eigenvalue weighted by Gasteiger charge is 2.21. The average Bonchev–Trinajstić information content (AvgIpc) is 2.91. The van der Waals surface area contributed by atoms with Crippen LogP contribution in [0.15, 0.2) is 45.9 Å². The molecule has 3 aromatic rings. The van der Waals surface area contributed by atoms with Crippen molar-refractivity contribution in [1.82, 2.24) is 10.3 Å². The van der Waals surface area contributed by atoms with Crippen molar-refractivity contribution in [2.24, 2.45) is 0 Å². The van der Waals surface area contributed by atoms with E-state index in [1.807, 2.05) is 0 Å². The maximum absolute atomic E-state index is 12.5. The third kappa shape index (κ3) is 2.55. The highest BCUT2D eigenvalue weighted by molar-refractivity contribution is 7.93. The number of halogens is 2. The van der Waals surface area contributed by atoms with E-state index in [9.17, 15) is 8.42 Å². The van der Waals surface area contributed by atoms with E-state index in [0.29, 0.717) is 5.52 Å². The second kappa shape index (κ2) is 5.18. The molecule has 0 amide bonds. The van der Waals surface area contributed by atoms with Gasteiger partial charge in [-0.3, -0.25) is 4.72 Å². The van der Waals surface area contributed by atoms with Crippen LogP contribution in [0.5, 0.6) is 0 Å². The highest BCUT2D eigenvalue weighted by Crippen LogP contribution is 2.31. The van der Waals surface area contributed by atoms with E-state index in [1.165, 1.54) is 12.1 Å². The molecule has 1 N–H and O–H groups in total. The number of hydrogen-bond acceptors (Lipinski definition) is 5. The topological polar surface area (TPSA) is 85.1 Å². The Bertz CT molecular complexity index is 924. The van der Waals surface area contributed by atoms with Crippen LogP contribution in [0.1, 0.15) is 0 Å². The number of nitrogens with one attached hydrogen (secondary N) is 1. The predicted octanol–water partition coefficient (Wildman–Crippen LogP) is 3.33. The Kier molecular flexibility index (Phi) is 3.48. The third-order valence-corrected chi connectivity index (χ3v) is 4.95. The summed E-state index contributed by atoms with van der Waals surface area (Å²) in [5.41, 5.74) is 0.663. The second-order valence-electron chi connectivity index (χ2n) is 4.09. The first-order valence-corrected chi connectivity index (χ1v) is 7.91. The molecule has 0 spiro atoms. The first-order valence-electron chi connectivity index (χ1n) is 5.67. The van der Waals surface area contributed by atoms with Crippen LogP contribution < -0.4 is 4.72 Å². The van der Waals surface area contributed by atoms with Crippen LogP contribution in [0.25, 0.3) is 11.0 Å². The van der Waals surface area contributed by atoms with Gasteiger partial charge in [0.2, 0.25) is 0 Å². The fraction of sp³-hybridized carbons (Fsp3) is 0. The zero-order valence-corrected chi connectivity index (χ0v) is 12.6. The third-order valence-electron chi connectivity index (χ3n) is 2.73. The molecular formula is C12H7Cl2N3O3S. The molecule has 0 atom stereocenters. The Morgan fingerprint density at radius 2 is 1.81 bits per heavy atom. The van der Waals surface area contributed by atoms with Gasteiger partial charge in [0.1, 0.15) is 10.4 Å². The van der Waals surface area contributed by atoms with Crippen molar-refractivity contribution < 1.29 is 13.0 Å². The van der Waals surface area contributed by atoms with Gasteiger partial charge in [-0.05, 0) is 34.6 Å². The lowest BCUT2D eigenvalue weighted by atomic mass is 10.3. The minimum absolute atomic E-state index is 0.0581. The van der Waals surface area contributed by atoms with Gasteiger partial charge in [0.05, 0.1) is 15.7 Å². The Balaban J connectivity index is 2.09. The van der Waals surface area contributed by atoms with Crippen molar-refractivity contribution >= 4 is 49.9 Å². The summed E-state index contributed by atoms with van der Waals surface area (Å²) in [5, 5.41) is 7.58. The van der Waals surface area contributed by atoms with Gasteiger partial charge in [0, 0.05) is 0 Å². The molecule has 0 unspecified atom stereocenters. The molecular weight excluding hydrogens is 337 g/mol. The number of nitrogens with zero attached hydrogens (tertiary/aromatic N) is 2. The molecule has 1 aromatic heterocycles. The second-order valence-corrected chi connectivity index (χ2v) is 6.53. The molecule has 3 rings (SSSR count). The van der Waals surface area contributed by atoms with Crippen LogP contribution in [0.4, 0.5) is 5.69 Å². The van der Waals surface area contributed by atoms with Crippen molar-refractivity contribution in [2.75, 3.05) is 4.72 Å². The lowest BCUT2D eigenvalue weighted by Gasteiger charge is -2.10. The first-order chi connectivity index (χ1) is 9.99. The normalized spacial score (nSPS) is 11.7. The van der Waals surface area contributed by atoms with Crippen LogP contribution in [0, 0.1) is 0 Å². The molecule has 0 fully saturated rings. The molecule has 21 heavy (non-hydrogen) atoms. The number of fused-ring (bicyclic) bond motifs is 1. The van der Waals surface area contributed by atoms with Gasteiger partial charge in [-0.25, -0.2) is 13.0 Å². The van der Waals surface area contributed by atoms with E-state index in [1.54, 1.807) is 24.3 Å². The molecule has 0 bridgehead atoms. The first kappa shape index (κ1) is 14.1. The quantitative estimate of drug-likeness (QED) is 0.788. The van der Waals surface area contributed by atoms with Crippen molar-refractivity contribution in [3.63, 3.8) is 0 Å². The Labute approximate surface area is 129 Å². The van der Waals surface area contributed by atoms with Crippen molar-refractivity contribution in [3.8, 4) is 0 Å². The number of anilines is 1. The van der Waals surface area contributed by atoms with Gasteiger partial charge in [-0.2, -0.15) is 0 Å². The van der Waals surface area contributed by atoms with Crippen LogP contribution in [0.3, 0.4) is 0 Å². The molecule has 1 heterocycles. The Hall–Kier alpha value is -1.83. The fourth-order valence-electron chi connectivity index (χ4n) is 1.78. The summed E-state index contributed by atoms with van der Waals surface area (Å²) >= 11 is 11.8. The number of sulfonamides is 1. The molecule has 0 aliphatic carbocycles. The number of aromatic nitrogens is 2. The van der Waals surface area contributed by atoms with Crippen LogP contribution in [-0.2, 0) is 10.0 Å². The van der Waals surface area contributed by atoms with Gasteiger partial charge in [-0.1, -0.05) is 35.3 Å². The molecule has 0 aliphatic rings. The molecule has 9 heteroatoms. The van der Waals surface area contributed by atoms with Gasteiger partial charge in [0.25, 0.3) is 10.0 Å². The summed E-state index contributed by atoms with van der Waals surface area (Å²) in [6.45, 7) is 0. The maximum atomic E-state index is 12.5. The van der Waals surface area contributed by atoms with Crippen molar-refractivity contribution in [2.45, 2.75) is 4.90 Å². The van der Waals surface area contributed by atoms with Gasteiger partial charge in [0.15, 0.2) is 5.52 Å². The maximum Gasteiger partial charge on any atom is 0.264 e. The molecule has 0 radical (unpaired) electrons. The SMILES string of the molecule is O=S(=O)(Nc1cccc(Cl)c1Cl)c1cccc2nonc12. The molecule has 108 valence electrons. The smallest absolute Gasteiger partial charge is 0.264 e. The fourth-order valence-corrected chi connectivity index (χ4v) is 3.41. The van der Waals surface area contributed by atoms with Gasteiger partial charge >= 0.3 is 0 Å². The monoisotopic (exact) mass is 343 g/mol. The number of rotatable bonds is 3. The average molecular weight is 344 g/mol. The zero-order chi connectivity index (χ0) is 15.0. The van der Waals surface area contributed by atoms with Gasteiger partial charge < -0.3 is 0 Å². The van der Waals surface area contributed by atoms with Crippen LogP contribution >= 0.6 is 23.2 Å². The minimum Gasteiger partial charge on any atom is -0.278 e. The Morgan fingerprint density at radius 1 is 1.05 bits per heavy atom. The summed E-state index contributed by atoms with van der Waals surface area (Å²) in [6.07, 6.45) is 0. The molecule has 2 aromatic carbocycles. The molecule has 0 aliphatic heterocycles. The van der Waals surface area contributed by atoms with E-state index in [-0.39, 0.29) is 26.1 Å². The molecule has 0 saturated heterocycles. The Morgan fingerprint density at radius 3 is 2.62 bits per heavy atom. The van der Waals surface area contributed by atoms with Crippen molar-refractivity contribution in [1.29, 1.82) is 0 Å². The number of benzene rings is 2. The summed E-state index contributed by atoms with van der Waals surface area (Å²) in [7, 11) is -3.90.